The highest BCUT2D eigenvalue weighted by molar-refractivity contribution is 5.84. The number of carbonyl (C=O) groups is 1. The van der Waals surface area contributed by atoms with E-state index in [9.17, 15) is 4.79 Å². The van der Waals surface area contributed by atoms with E-state index in [-0.39, 0.29) is 18.0 Å². The summed E-state index contributed by atoms with van der Waals surface area (Å²) in [6, 6.07) is 15.5. The van der Waals surface area contributed by atoms with E-state index in [2.05, 4.69) is 10.4 Å². The molecule has 182 valence electrons. The van der Waals surface area contributed by atoms with E-state index < -0.39 is 0 Å². The monoisotopic (exact) mass is 474 g/mol. The Hall–Kier alpha value is -3.78. The van der Waals surface area contributed by atoms with Gasteiger partial charge in [0.2, 0.25) is 5.89 Å². The van der Waals surface area contributed by atoms with Crippen LogP contribution in [0.15, 0.2) is 65.3 Å². The molecule has 2 aliphatic heterocycles. The van der Waals surface area contributed by atoms with Gasteiger partial charge >= 0.3 is 0 Å². The standard InChI is InChI=1S/C27H30N4O4/c1-4-33-21-10-6-19(7-11-21)23-16-25-27(32)30(14-15-31(25)29-23)17-24-18(3)35-26(28-24)20-8-12-22(13-9-20)34-5-2/h6-15,23,25,29H,4-5,16-17H2,1-3H3. The molecule has 3 heterocycles. The van der Waals surface area contributed by atoms with Crippen LogP contribution in [0, 0.1) is 6.92 Å². The third kappa shape index (κ3) is 4.74. The number of hydrazine groups is 1. The van der Waals surface area contributed by atoms with E-state index in [1.54, 1.807) is 11.1 Å². The van der Waals surface area contributed by atoms with Gasteiger partial charge in [0.15, 0.2) is 0 Å². The molecule has 35 heavy (non-hydrogen) atoms. The number of rotatable bonds is 8. The molecule has 1 aromatic heterocycles. The minimum atomic E-state index is -0.269. The first-order valence-corrected chi connectivity index (χ1v) is 12.0. The van der Waals surface area contributed by atoms with Crippen LogP contribution in [0.4, 0.5) is 0 Å². The van der Waals surface area contributed by atoms with Crippen LogP contribution in [0.1, 0.15) is 43.3 Å². The van der Waals surface area contributed by atoms with Crippen LogP contribution in [0.5, 0.6) is 11.5 Å². The lowest BCUT2D eigenvalue weighted by molar-refractivity contribution is -0.135. The number of hydrogen-bond donors (Lipinski definition) is 1. The van der Waals surface area contributed by atoms with Crippen molar-refractivity contribution in [3.8, 4) is 23.0 Å². The Balaban J connectivity index is 1.26. The molecule has 1 fully saturated rings. The lowest BCUT2D eigenvalue weighted by Gasteiger charge is -2.31. The van der Waals surface area contributed by atoms with E-state index >= 15 is 0 Å². The third-order valence-electron chi connectivity index (χ3n) is 6.29. The van der Waals surface area contributed by atoms with Crippen LogP contribution >= 0.6 is 0 Å². The van der Waals surface area contributed by atoms with Gasteiger partial charge in [0.1, 0.15) is 29.0 Å². The van der Waals surface area contributed by atoms with Crippen LogP contribution in [0.2, 0.25) is 0 Å². The van der Waals surface area contributed by atoms with Crippen molar-refractivity contribution < 1.29 is 18.7 Å². The van der Waals surface area contributed by atoms with E-state index in [1.165, 1.54) is 0 Å². The Bertz CT molecular complexity index is 1200. The first kappa shape index (κ1) is 23.0. The molecule has 0 aliphatic carbocycles. The fourth-order valence-electron chi connectivity index (χ4n) is 4.47. The molecule has 0 saturated carbocycles. The summed E-state index contributed by atoms with van der Waals surface area (Å²) in [6.07, 6.45) is 4.41. The smallest absolute Gasteiger partial charge is 0.251 e. The topological polar surface area (TPSA) is 80.1 Å². The predicted octanol–water partition coefficient (Wildman–Crippen LogP) is 4.58. The molecule has 2 atom stereocenters. The van der Waals surface area contributed by atoms with Crippen molar-refractivity contribution in [1.29, 1.82) is 0 Å². The van der Waals surface area contributed by atoms with E-state index in [4.69, 9.17) is 13.9 Å². The molecule has 2 unspecified atom stereocenters. The first-order valence-electron chi connectivity index (χ1n) is 12.0. The normalized spacial score (nSPS) is 19.2. The zero-order valence-corrected chi connectivity index (χ0v) is 20.2. The fraction of sp³-hybridized carbons (Fsp3) is 0.333. The number of carbonyl (C=O) groups excluding carboxylic acids is 1. The van der Waals surface area contributed by atoms with Gasteiger partial charge in [-0.05, 0) is 69.2 Å². The summed E-state index contributed by atoms with van der Waals surface area (Å²) in [5, 5.41) is 1.90. The van der Waals surface area contributed by atoms with Crippen molar-refractivity contribution in [2.75, 3.05) is 13.2 Å². The van der Waals surface area contributed by atoms with Crippen molar-refractivity contribution in [2.24, 2.45) is 0 Å². The minimum absolute atomic E-state index is 0.0402. The molecule has 1 N–H and O–H groups in total. The largest absolute Gasteiger partial charge is 0.494 e. The number of oxazole rings is 1. The molecule has 2 aliphatic rings. The molecule has 3 aromatic rings. The number of amides is 1. The number of aromatic nitrogens is 1. The van der Waals surface area contributed by atoms with Crippen molar-refractivity contribution in [3.05, 3.63) is 77.9 Å². The summed E-state index contributed by atoms with van der Waals surface area (Å²) in [4.78, 5) is 19.7. The van der Waals surface area contributed by atoms with Gasteiger partial charge in [0, 0.05) is 18.0 Å². The Morgan fingerprint density at radius 3 is 2.31 bits per heavy atom. The lowest BCUT2D eigenvalue weighted by atomic mass is 10.0. The second kappa shape index (κ2) is 9.84. The van der Waals surface area contributed by atoms with Crippen molar-refractivity contribution in [3.63, 3.8) is 0 Å². The molecular formula is C27H30N4O4. The number of ether oxygens (including phenoxy) is 2. The third-order valence-corrected chi connectivity index (χ3v) is 6.29. The van der Waals surface area contributed by atoms with Crippen molar-refractivity contribution >= 4 is 5.91 Å². The van der Waals surface area contributed by atoms with Gasteiger partial charge in [-0.25, -0.2) is 10.4 Å². The Kier molecular flexibility index (Phi) is 6.46. The molecule has 8 nitrogen and oxygen atoms in total. The Morgan fingerprint density at radius 1 is 1.00 bits per heavy atom. The maximum atomic E-state index is 13.3. The Labute approximate surface area is 205 Å². The molecule has 8 heteroatoms. The van der Waals surface area contributed by atoms with Gasteiger partial charge in [-0.2, -0.15) is 0 Å². The molecule has 5 rings (SSSR count). The van der Waals surface area contributed by atoms with Gasteiger partial charge in [-0.15, -0.1) is 0 Å². The van der Waals surface area contributed by atoms with Crippen molar-refractivity contribution in [1.82, 2.24) is 20.3 Å². The molecule has 1 saturated heterocycles. The van der Waals surface area contributed by atoms with Crippen LogP contribution in [0.3, 0.4) is 0 Å². The van der Waals surface area contributed by atoms with Gasteiger partial charge in [0.05, 0.1) is 25.8 Å². The van der Waals surface area contributed by atoms with Gasteiger partial charge in [-0.3, -0.25) is 4.79 Å². The second-order valence-electron chi connectivity index (χ2n) is 8.59. The molecule has 0 spiro atoms. The van der Waals surface area contributed by atoms with Gasteiger partial charge < -0.3 is 23.8 Å². The highest BCUT2D eigenvalue weighted by Gasteiger charge is 2.40. The second-order valence-corrected chi connectivity index (χ2v) is 8.59. The highest BCUT2D eigenvalue weighted by Crippen LogP contribution is 2.32. The quantitative estimate of drug-likeness (QED) is 0.512. The van der Waals surface area contributed by atoms with E-state index in [0.717, 1.165) is 28.3 Å². The number of aryl methyl sites for hydroxylation is 1. The van der Waals surface area contributed by atoms with E-state index in [1.807, 2.05) is 80.5 Å². The number of benzene rings is 2. The predicted molar refractivity (Wildman–Crippen MR) is 131 cm³/mol. The summed E-state index contributed by atoms with van der Waals surface area (Å²) < 4.78 is 17.0. The summed E-state index contributed by atoms with van der Waals surface area (Å²) in [5.74, 6) is 2.94. The average molecular weight is 475 g/mol. The summed E-state index contributed by atoms with van der Waals surface area (Å²) in [5.41, 5.74) is 6.18. The zero-order valence-electron chi connectivity index (χ0n) is 20.2. The van der Waals surface area contributed by atoms with E-state index in [0.29, 0.717) is 37.8 Å². The van der Waals surface area contributed by atoms with Gasteiger partial charge in [0.25, 0.3) is 5.91 Å². The molecule has 1 amide bonds. The number of fused-ring (bicyclic) bond motifs is 1. The van der Waals surface area contributed by atoms with Crippen LogP contribution in [0.25, 0.3) is 11.5 Å². The first-order chi connectivity index (χ1) is 17.1. The lowest BCUT2D eigenvalue weighted by Crippen LogP contribution is -2.47. The Morgan fingerprint density at radius 2 is 1.66 bits per heavy atom. The zero-order chi connectivity index (χ0) is 24.4. The summed E-state index contributed by atoms with van der Waals surface area (Å²) in [7, 11) is 0. The maximum absolute atomic E-state index is 13.3. The minimum Gasteiger partial charge on any atom is -0.494 e. The fourth-order valence-corrected chi connectivity index (χ4v) is 4.47. The van der Waals surface area contributed by atoms with Crippen LogP contribution in [-0.4, -0.2) is 40.1 Å². The van der Waals surface area contributed by atoms with Crippen LogP contribution < -0.4 is 14.9 Å². The molecule has 0 bridgehead atoms. The number of nitrogens with one attached hydrogen (secondary N) is 1. The van der Waals surface area contributed by atoms with Crippen LogP contribution in [-0.2, 0) is 11.3 Å². The van der Waals surface area contributed by atoms with Crippen molar-refractivity contribution in [2.45, 2.75) is 45.8 Å². The molecule has 0 radical (unpaired) electrons. The average Bonchev–Trinajstić information content (AvgIpc) is 3.47. The SMILES string of the molecule is CCOc1ccc(-c2nc(CN3C=CN4NC(c5ccc(OCC)cc5)CC4C3=O)c(C)o2)cc1. The van der Waals surface area contributed by atoms with Gasteiger partial charge in [-0.1, -0.05) is 12.1 Å². The number of nitrogens with zero attached hydrogens (tertiary/aromatic N) is 3. The summed E-state index contributed by atoms with van der Waals surface area (Å²) in [6.45, 7) is 7.42. The summed E-state index contributed by atoms with van der Waals surface area (Å²) >= 11 is 0. The highest BCUT2D eigenvalue weighted by atomic mass is 16.5. The number of hydrogen-bond acceptors (Lipinski definition) is 7. The molecular weight excluding hydrogens is 444 g/mol. The maximum Gasteiger partial charge on any atom is 0.251 e. The molecule has 2 aromatic carbocycles.